The number of likely N-dealkylation sites (tertiary alicyclic amines) is 1. The van der Waals surface area contributed by atoms with Crippen molar-refractivity contribution < 1.29 is 23.1 Å². The Bertz CT molecular complexity index is 684. The van der Waals surface area contributed by atoms with Gasteiger partial charge in [-0.3, -0.25) is 14.5 Å². The normalized spacial score (nSPS) is 19.3. The molecular weight excluding hydrogens is 320 g/mol. The van der Waals surface area contributed by atoms with Crippen molar-refractivity contribution in [1.29, 1.82) is 0 Å². The Hall–Kier alpha value is -1.93. The minimum absolute atomic E-state index is 0.00476. The lowest BCUT2D eigenvalue weighted by atomic mass is 10.0. The molecule has 2 N–H and O–H groups in total. The van der Waals surface area contributed by atoms with Crippen molar-refractivity contribution in [1.82, 2.24) is 4.90 Å². The highest BCUT2D eigenvalue weighted by atomic mass is 32.2. The Balaban J connectivity index is 1.97. The number of carboxylic acid groups (broad SMARTS) is 1. The van der Waals surface area contributed by atoms with Gasteiger partial charge in [-0.2, -0.15) is 0 Å². The zero-order chi connectivity index (χ0) is 17.0. The highest BCUT2D eigenvalue weighted by Gasteiger charge is 2.29. The van der Waals surface area contributed by atoms with Crippen molar-refractivity contribution in [3.05, 3.63) is 24.3 Å². The maximum Gasteiger partial charge on any atom is 0.320 e. The summed E-state index contributed by atoms with van der Waals surface area (Å²) >= 11 is 0. The smallest absolute Gasteiger partial charge is 0.320 e. The van der Waals surface area contributed by atoms with Crippen molar-refractivity contribution in [2.45, 2.75) is 30.2 Å². The van der Waals surface area contributed by atoms with Crippen molar-refractivity contribution >= 4 is 27.4 Å². The molecule has 1 aromatic carbocycles. The largest absolute Gasteiger partial charge is 0.480 e. The predicted octanol–water partition coefficient (Wildman–Crippen LogP) is 0.968. The molecule has 8 heteroatoms. The van der Waals surface area contributed by atoms with E-state index in [9.17, 15) is 23.1 Å². The number of benzene rings is 1. The molecule has 0 spiro atoms. The molecular formula is C15H20N2O5S. The third-order valence-corrected chi connectivity index (χ3v) is 4.94. The van der Waals surface area contributed by atoms with E-state index in [-0.39, 0.29) is 17.3 Å². The third-order valence-electron chi connectivity index (χ3n) is 3.81. The van der Waals surface area contributed by atoms with Crippen LogP contribution < -0.4 is 5.32 Å². The molecule has 0 saturated carbocycles. The molecule has 1 aliphatic heterocycles. The Morgan fingerprint density at radius 3 is 2.48 bits per heavy atom. The fraction of sp³-hybridized carbons (Fsp3) is 0.467. The number of aliphatic carboxylic acids is 1. The van der Waals surface area contributed by atoms with Gasteiger partial charge in [-0.1, -0.05) is 6.42 Å². The Morgan fingerprint density at radius 2 is 1.91 bits per heavy atom. The molecule has 1 fully saturated rings. The molecule has 1 amide bonds. The standard InChI is InChI=1S/C15H20N2O5S/c1-23(21,22)12-7-5-11(6-8-12)16-14(18)10-17-9-3-2-4-13(17)15(19)20/h5-8,13H,2-4,9-10H2,1H3,(H,16,18)(H,19,20). The Morgan fingerprint density at radius 1 is 1.26 bits per heavy atom. The van der Waals surface area contributed by atoms with E-state index in [1.807, 2.05) is 0 Å². The minimum atomic E-state index is -3.27. The van der Waals surface area contributed by atoms with E-state index in [0.29, 0.717) is 18.7 Å². The number of carboxylic acids is 1. The summed E-state index contributed by atoms with van der Waals surface area (Å²) < 4.78 is 22.8. The fourth-order valence-electron chi connectivity index (χ4n) is 2.63. The number of carbonyl (C=O) groups excluding carboxylic acids is 1. The van der Waals surface area contributed by atoms with Crippen LogP contribution in [0.2, 0.25) is 0 Å². The molecule has 2 rings (SSSR count). The average molecular weight is 340 g/mol. The second-order valence-corrected chi connectivity index (χ2v) is 7.68. The van der Waals surface area contributed by atoms with Crippen LogP contribution in [0.1, 0.15) is 19.3 Å². The van der Waals surface area contributed by atoms with Crippen LogP contribution in [-0.4, -0.2) is 55.7 Å². The van der Waals surface area contributed by atoms with Gasteiger partial charge in [0.1, 0.15) is 6.04 Å². The Labute approximate surface area is 135 Å². The molecule has 0 radical (unpaired) electrons. The summed E-state index contributed by atoms with van der Waals surface area (Å²) in [6, 6.07) is 5.25. The first kappa shape index (κ1) is 17.4. The van der Waals surface area contributed by atoms with Gasteiger partial charge in [-0.15, -0.1) is 0 Å². The monoisotopic (exact) mass is 340 g/mol. The zero-order valence-corrected chi connectivity index (χ0v) is 13.7. The van der Waals surface area contributed by atoms with Crippen molar-refractivity contribution in [3.8, 4) is 0 Å². The van der Waals surface area contributed by atoms with E-state index in [1.165, 1.54) is 24.3 Å². The van der Waals surface area contributed by atoms with Crippen molar-refractivity contribution in [2.75, 3.05) is 24.7 Å². The molecule has 1 heterocycles. The number of piperidine rings is 1. The number of hydrogen-bond donors (Lipinski definition) is 2. The molecule has 23 heavy (non-hydrogen) atoms. The molecule has 1 aromatic rings. The van der Waals surface area contributed by atoms with E-state index in [1.54, 1.807) is 4.90 Å². The summed E-state index contributed by atoms with van der Waals surface area (Å²) in [4.78, 5) is 25.1. The second kappa shape index (κ2) is 7.10. The van der Waals surface area contributed by atoms with E-state index in [0.717, 1.165) is 19.1 Å². The van der Waals surface area contributed by atoms with Gasteiger partial charge in [0.2, 0.25) is 5.91 Å². The summed E-state index contributed by atoms with van der Waals surface area (Å²) in [5.41, 5.74) is 0.478. The molecule has 0 aromatic heterocycles. The lowest BCUT2D eigenvalue weighted by Gasteiger charge is -2.32. The number of carbonyl (C=O) groups is 2. The predicted molar refractivity (Wildman–Crippen MR) is 85.0 cm³/mol. The number of amides is 1. The molecule has 1 unspecified atom stereocenters. The highest BCUT2D eigenvalue weighted by Crippen LogP contribution is 2.18. The van der Waals surface area contributed by atoms with Crippen LogP contribution in [0.15, 0.2) is 29.2 Å². The molecule has 126 valence electrons. The number of hydrogen-bond acceptors (Lipinski definition) is 5. The summed E-state index contributed by atoms with van der Waals surface area (Å²) in [5, 5.41) is 11.8. The maximum atomic E-state index is 12.1. The molecule has 1 aliphatic rings. The van der Waals surface area contributed by atoms with Crippen LogP contribution in [0.5, 0.6) is 0 Å². The molecule has 0 bridgehead atoms. The first-order valence-corrected chi connectivity index (χ1v) is 9.23. The van der Waals surface area contributed by atoms with Crippen LogP contribution in [-0.2, 0) is 19.4 Å². The first-order chi connectivity index (χ1) is 10.8. The number of nitrogens with one attached hydrogen (secondary N) is 1. The summed E-state index contributed by atoms with van der Waals surface area (Å²) in [7, 11) is -3.27. The van der Waals surface area contributed by atoms with E-state index in [2.05, 4.69) is 5.32 Å². The van der Waals surface area contributed by atoms with Crippen LogP contribution in [0.25, 0.3) is 0 Å². The number of anilines is 1. The maximum absolute atomic E-state index is 12.1. The van der Waals surface area contributed by atoms with Gasteiger partial charge in [-0.25, -0.2) is 8.42 Å². The van der Waals surface area contributed by atoms with Crippen LogP contribution in [0, 0.1) is 0 Å². The summed E-state index contributed by atoms with van der Waals surface area (Å²) in [6.45, 7) is 0.586. The fourth-order valence-corrected chi connectivity index (χ4v) is 3.26. The zero-order valence-electron chi connectivity index (χ0n) is 12.9. The highest BCUT2D eigenvalue weighted by molar-refractivity contribution is 7.90. The van der Waals surface area contributed by atoms with Gasteiger partial charge in [0.15, 0.2) is 9.84 Å². The van der Waals surface area contributed by atoms with Gasteiger partial charge in [-0.05, 0) is 43.7 Å². The SMILES string of the molecule is CS(=O)(=O)c1ccc(NC(=O)CN2CCCCC2C(=O)O)cc1. The van der Waals surface area contributed by atoms with Gasteiger partial charge >= 0.3 is 5.97 Å². The van der Waals surface area contributed by atoms with E-state index in [4.69, 9.17) is 0 Å². The van der Waals surface area contributed by atoms with Gasteiger partial charge in [0.05, 0.1) is 11.4 Å². The van der Waals surface area contributed by atoms with Gasteiger partial charge in [0.25, 0.3) is 0 Å². The second-order valence-electron chi connectivity index (χ2n) is 5.67. The van der Waals surface area contributed by atoms with Gasteiger partial charge < -0.3 is 10.4 Å². The van der Waals surface area contributed by atoms with E-state index >= 15 is 0 Å². The topological polar surface area (TPSA) is 104 Å². The minimum Gasteiger partial charge on any atom is -0.480 e. The lowest BCUT2D eigenvalue weighted by molar-refractivity contribution is -0.145. The molecule has 1 atom stereocenters. The molecule has 1 saturated heterocycles. The van der Waals surface area contributed by atoms with Crippen LogP contribution in [0.3, 0.4) is 0 Å². The summed E-state index contributed by atoms with van der Waals surface area (Å²) in [6.07, 6.45) is 3.39. The average Bonchev–Trinajstić information content (AvgIpc) is 2.47. The van der Waals surface area contributed by atoms with Crippen molar-refractivity contribution in [2.24, 2.45) is 0 Å². The number of nitrogens with zero attached hydrogens (tertiary/aromatic N) is 1. The van der Waals surface area contributed by atoms with Crippen LogP contribution in [0.4, 0.5) is 5.69 Å². The molecule has 7 nitrogen and oxygen atoms in total. The van der Waals surface area contributed by atoms with Crippen LogP contribution >= 0.6 is 0 Å². The first-order valence-electron chi connectivity index (χ1n) is 7.34. The summed E-state index contributed by atoms with van der Waals surface area (Å²) in [5.74, 6) is -1.22. The van der Waals surface area contributed by atoms with Gasteiger partial charge in [0, 0.05) is 11.9 Å². The van der Waals surface area contributed by atoms with E-state index < -0.39 is 21.8 Å². The Kier molecular flexibility index (Phi) is 5.38. The lowest BCUT2D eigenvalue weighted by Crippen LogP contribution is -2.47. The quantitative estimate of drug-likeness (QED) is 0.828. The number of rotatable bonds is 5. The van der Waals surface area contributed by atoms with Crippen molar-refractivity contribution in [3.63, 3.8) is 0 Å². The number of sulfone groups is 1. The third kappa shape index (κ3) is 4.77. The molecule has 0 aliphatic carbocycles.